The van der Waals surface area contributed by atoms with Crippen molar-refractivity contribution >= 4 is 28.4 Å². The normalized spacial score (nSPS) is 10.8. The lowest BCUT2D eigenvalue weighted by atomic mass is 10.2. The molecule has 0 saturated carbocycles. The predicted octanol–water partition coefficient (Wildman–Crippen LogP) is 3.95. The SMILES string of the molecule is C=CCSc1cc(C)c(C#N)c2nc3ccccc3n12. The van der Waals surface area contributed by atoms with Crippen molar-refractivity contribution in [1.82, 2.24) is 9.38 Å². The molecule has 0 amide bonds. The first-order valence-corrected chi connectivity index (χ1v) is 7.29. The van der Waals surface area contributed by atoms with Crippen LogP contribution < -0.4 is 0 Å². The Morgan fingerprint density at radius 3 is 3.00 bits per heavy atom. The summed E-state index contributed by atoms with van der Waals surface area (Å²) < 4.78 is 2.06. The van der Waals surface area contributed by atoms with Crippen molar-refractivity contribution in [2.75, 3.05) is 5.75 Å². The Kier molecular flexibility index (Phi) is 3.21. The molecule has 4 heteroatoms. The van der Waals surface area contributed by atoms with Crippen molar-refractivity contribution < 1.29 is 0 Å². The molecule has 0 aliphatic carbocycles. The summed E-state index contributed by atoms with van der Waals surface area (Å²) >= 11 is 1.70. The fourth-order valence-corrected chi connectivity index (χ4v) is 3.17. The molecule has 3 aromatic rings. The van der Waals surface area contributed by atoms with Crippen molar-refractivity contribution in [2.45, 2.75) is 11.9 Å². The van der Waals surface area contributed by atoms with Crippen molar-refractivity contribution in [3.05, 3.63) is 54.1 Å². The van der Waals surface area contributed by atoms with Crippen LogP contribution in [0.1, 0.15) is 11.1 Å². The second-order valence-electron chi connectivity index (χ2n) is 4.51. The number of benzene rings is 1. The van der Waals surface area contributed by atoms with Gasteiger partial charge in [0.1, 0.15) is 6.07 Å². The van der Waals surface area contributed by atoms with E-state index in [1.807, 2.05) is 43.3 Å². The van der Waals surface area contributed by atoms with Gasteiger partial charge in [-0.3, -0.25) is 4.40 Å². The number of thioether (sulfide) groups is 1. The zero-order valence-corrected chi connectivity index (χ0v) is 11.9. The number of hydrogen-bond acceptors (Lipinski definition) is 3. The second-order valence-corrected chi connectivity index (χ2v) is 5.55. The van der Waals surface area contributed by atoms with Crippen LogP contribution in [0.25, 0.3) is 16.7 Å². The minimum Gasteiger partial charge on any atom is -0.286 e. The van der Waals surface area contributed by atoms with E-state index in [-0.39, 0.29) is 0 Å². The number of aryl methyl sites for hydroxylation is 1. The lowest BCUT2D eigenvalue weighted by Gasteiger charge is -2.08. The van der Waals surface area contributed by atoms with Crippen LogP contribution in [-0.2, 0) is 0 Å². The number of para-hydroxylation sites is 2. The van der Waals surface area contributed by atoms with E-state index in [4.69, 9.17) is 0 Å². The van der Waals surface area contributed by atoms with Crippen LogP contribution in [0, 0.1) is 18.3 Å². The molecule has 2 aromatic heterocycles. The lowest BCUT2D eigenvalue weighted by Crippen LogP contribution is -1.97. The highest BCUT2D eigenvalue weighted by atomic mass is 32.2. The molecule has 0 aliphatic heterocycles. The van der Waals surface area contributed by atoms with Crippen molar-refractivity contribution in [1.29, 1.82) is 5.26 Å². The van der Waals surface area contributed by atoms with Crippen LogP contribution in [0.2, 0.25) is 0 Å². The second kappa shape index (κ2) is 5.03. The maximum Gasteiger partial charge on any atom is 0.157 e. The van der Waals surface area contributed by atoms with Crippen LogP contribution in [0.3, 0.4) is 0 Å². The molecule has 20 heavy (non-hydrogen) atoms. The van der Waals surface area contributed by atoms with E-state index < -0.39 is 0 Å². The first kappa shape index (κ1) is 12.8. The van der Waals surface area contributed by atoms with Crippen LogP contribution in [-0.4, -0.2) is 15.1 Å². The van der Waals surface area contributed by atoms with Gasteiger partial charge in [-0.15, -0.1) is 18.3 Å². The molecular weight excluding hydrogens is 266 g/mol. The number of nitrogens with zero attached hydrogens (tertiary/aromatic N) is 3. The molecule has 0 bridgehead atoms. The Morgan fingerprint density at radius 1 is 1.45 bits per heavy atom. The maximum atomic E-state index is 9.38. The van der Waals surface area contributed by atoms with Gasteiger partial charge in [-0.05, 0) is 30.7 Å². The molecule has 0 fully saturated rings. The summed E-state index contributed by atoms with van der Waals surface area (Å²) in [5.74, 6) is 0.826. The van der Waals surface area contributed by atoms with Gasteiger partial charge in [0.15, 0.2) is 5.65 Å². The van der Waals surface area contributed by atoms with Crippen LogP contribution in [0.4, 0.5) is 0 Å². The number of rotatable bonds is 3. The van der Waals surface area contributed by atoms with Crippen LogP contribution >= 0.6 is 11.8 Å². The largest absolute Gasteiger partial charge is 0.286 e. The highest BCUT2D eigenvalue weighted by molar-refractivity contribution is 7.99. The summed E-state index contributed by atoms with van der Waals surface area (Å²) in [5, 5.41) is 10.5. The Hall–Kier alpha value is -2.25. The zero-order chi connectivity index (χ0) is 14.1. The van der Waals surface area contributed by atoms with E-state index in [0.29, 0.717) is 5.56 Å². The molecule has 2 heterocycles. The topological polar surface area (TPSA) is 41.1 Å². The van der Waals surface area contributed by atoms with Gasteiger partial charge in [-0.2, -0.15) is 5.26 Å². The Bertz CT molecular complexity index is 855. The third-order valence-corrected chi connectivity index (χ3v) is 4.20. The van der Waals surface area contributed by atoms with Gasteiger partial charge in [0, 0.05) is 5.75 Å². The Balaban J connectivity index is 2.44. The van der Waals surface area contributed by atoms with Gasteiger partial charge in [0.05, 0.1) is 21.6 Å². The van der Waals surface area contributed by atoms with Crippen LogP contribution in [0.5, 0.6) is 0 Å². The molecule has 0 unspecified atom stereocenters. The molecule has 0 saturated heterocycles. The fraction of sp³-hybridized carbons (Fsp3) is 0.125. The van der Waals surface area contributed by atoms with Crippen molar-refractivity contribution in [3.63, 3.8) is 0 Å². The molecule has 0 spiro atoms. The van der Waals surface area contributed by atoms with Gasteiger partial charge in [0.25, 0.3) is 0 Å². The number of fused-ring (bicyclic) bond motifs is 3. The number of pyridine rings is 1. The molecule has 0 radical (unpaired) electrons. The molecule has 1 aromatic carbocycles. The van der Waals surface area contributed by atoms with Gasteiger partial charge < -0.3 is 0 Å². The van der Waals surface area contributed by atoms with E-state index >= 15 is 0 Å². The average Bonchev–Trinajstić information content (AvgIpc) is 2.84. The summed E-state index contributed by atoms with van der Waals surface area (Å²) in [6.45, 7) is 5.72. The molecular formula is C16H13N3S. The van der Waals surface area contributed by atoms with Crippen molar-refractivity contribution in [3.8, 4) is 6.07 Å². The first-order chi connectivity index (χ1) is 9.76. The zero-order valence-electron chi connectivity index (χ0n) is 11.1. The van der Waals surface area contributed by atoms with E-state index in [9.17, 15) is 5.26 Å². The summed E-state index contributed by atoms with van der Waals surface area (Å²) in [5.41, 5.74) is 4.28. The quantitative estimate of drug-likeness (QED) is 0.538. The van der Waals surface area contributed by atoms with E-state index in [0.717, 1.165) is 33.0 Å². The monoisotopic (exact) mass is 279 g/mol. The van der Waals surface area contributed by atoms with E-state index in [1.54, 1.807) is 11.8 Å². The summed E-state index contributed by atoms with van der Waals surface area (Å²) in [6, 6.07) is 12.3. The number of aromatic nitrogens is 2. The smallest absolute Gasteiger partial charge is 0.157 e. The lowest BCUT2D eigenvalue weighted by molar-refractivity contribution is 1.04. The fourth-order valence-electron chi connectivity index (χ4n) is 2.30. The molecule has 98 valence electrons. The predicted molar refractivity (Wildman–Crippen MR) is 83.1 cm³/mol. The number of hydrogen-bond donors (Lipinski definition) is 0. The molecule has 3 rings (SSSR count). The molecule has 0 aliphatic rings. The molecule has 0 atom stereocenters. The average molecular weight is 279 g/mol. The van der Waals surface area contributed by atoms with Crippen molar-refractivity contribution in [2.24, 2.45) is 0 Å². The number of nitriles is 1. The standard InChI is InChI=1S/C16H13N3S/c1-3-8-20-15-9-11(2)12(10-17)16-18-13-6-4-5-7-14(13)19(15)16/h3-7,9H,1,8H2,2H3. The highest BCUT2D eigenvalue weighted by Gasteiger charge is 2.14. The summed E-state index contributed by atoms with van der Waals surface area (Å²) in [4.78, 5) is 4.62. The third kappa shape index (κ3) is 1.87. The van der Waals surface area contributed by atoms with Gasteiger partial charge in [-0.25, -0.2) is 4.98 Å². The summed E-state index contributed by atoms with van der Waals surface area (Å²) in [7, 11) is 0. The van der Waals surface area contributed by atoms with Crippen LogP contribution in [0.15, 0.2) is 48.0 Å². The van der Waals surface area contributed by atoms with Gasteiger partial charge >= 0.3 is 0 Å². The van der Waals surface area contributed by atoms with Gasteiger partial charge in [0.2, 0.25) is 0 Å². The maximum absolute atomic E-state index is 9.38. The molecule has 0 N–H and O–H groups in total. The minimum atomic E-state index is 0.643. The molecule has 3 nitrogen and oxygen atoms in total. The Labute approximate surface area is 121 Å². The van der Waals surface area contributed by atoms with E-state index in [2.05, 4.69) is 22.0 Å². The summed E-state index contributed by atoms with van der Waals surface area (Å²) in [6.07, 6.45) is 1.88. The third-order valence-electron chi connectivity index (χ3n) is 3.20. The highest BCUT2D eigenvalue weighted by Crippen LogP contribution is 2.29. The number of imidazole rings is 1. The first-order valence-electron chi connectivity index (χ1n) is 6.31. The minimum absolute atomic E-state index is 0.643. The Morgan fingerprint density at radius 2 is 2.25 bits per heavy atom. The van der Waals surface area contributed by atoms with E-state index in [1.165, 1.54) is 0 Å². The van der Waals surface area contributed by atoms with Gasteiger partial charge in [-0.1, -0.05) is 18.2 Å².